The summed E-state index contributed by atoms with van der Waals surface area (Å²) in [5.41, 5.74) is 4.60. The van der Waals surface area contributed by atoms with Crippen LogP contribution in [-0.2, 0) is 0 Å². The average Bonchev–Trinajstić information content (AvgIpc) is 2.91. The van der Waals surface area contributed by atoms with Gasteiger partial charge in [0, 0.05) is 16.3 Å². The summed E-state index contributed by atoms with van der Waals surface area (Å²) >= 11 is 0. The minimum atomic E-state index is 0.714. The highest BCUT2D eigenvalue weighted by atomic mass is 14.9. The van der Waals surface area contributed by atoms with E-state index in [2.05, 4.69) is 78.9 Å². The molecular weight excluding hydrogens is 414 g/mol. The fraction of sp³-hybridized carbons (Fsp3) is 0. The van der Waals surface area contributed by atoms with Crippen molar-refractivity contribution < 1.29 is 0 Å². The van der Waals surface area contributed by atoms with E-state index in [0.29, 0.717) is 5.82 Å². The van der Waals surface area contributed by atoms with Gasteiger partial charge in [-0.25, -0.2) is 15.0 Å². The van der Waals surface area contributed by atoms with E-state index in [9.17, 15) is 0 Å². The molecule has 0 amide bonds. The molecule has 0 unspecified atom stereocenters. The summed E-state index contributed by atoms with van der Waals surface area (Å²) in [6.45, 7) is 0. The molecule has 158 valence electrons. The Morgan fingerprint density at radius 2 is 1.06 bits per heavy atom. The zero-order chi connectivity index (χ0) is 22.5. The molecule has 0 saturated heterocycles. The number of fused-ring (bicyclic) bond motifs is 5. The number of hydrogen-bond acceptors (Lipinski definition) is 3. The lowest BCUT2D eigenvalue weighted by atomic mass is 9.96. The van der Waals surface area contributed by atoms with Gasteiger partial charge in [-0.2, -0.15) is 0 Å². The average molecular weight is 434 g/mol. The number of aromatic nitrogens is 3. The minimum absolute atomic E-state index is 0.714. The molecule has 0 aliphatic heterocycles. The van der Waals surface area contributed by atoms with Crippen LogP contribution in [0.3, 0.4) is 0 Å². The Balaban J connectivity index is 1.56. The van der Waals surface area contributed by atoms with E-state index in [1.807, 2.05) is 36.4 Å². The first-order chi connectivity index (χ1) is 16.8. The first-order valence-corrected chi connectivity index (χ1v) is 11.4. The van der Waals surface area contributed by atoms with Crippen molar-refractivity contribution in [3.8, 4) is 22.8 Å². The summed E-state index contributed by atoms with van der Waals surface area (Å²) in [6.07, 6.45) is 0. The van der Waals surface area contributed by atoms with Crippen molar-refractivity contribution in [2.45, 2.75) is 0 Å². The van der Waals surface area contributed by atoms with Gasteiger partial charge in [0.2, 0.25) is 0 Å². The summed E-state index contributed by atoms with van der Waals surface area (Å²) in [6, 6.07) is 39.7. The Morgan fingerprint density at radius 3 is 1.91 bits per heavy atom. The Kier molecular flexibility index (Phi) is 4.15. The van der Waals surface area contributed by atoms with Crippen LogP contribution in [0.2, 0.25) is 0 Å². The highest BCUT2D eigenvalue weighted by Gasteiger charge is 2.15. The van der Waals surface area contributed by atoms with Crippen molar-refractivity contribution >= 4 is 43.4 Å². The first-order valence-electron chi connectivity index (χ1n) is 11.4. The van der Waals surface area contributed by atoms with Crippen LogP contribution in [0.4, 0.5) is 0 Å². The summed E-state index contributed by atoms with van der Waals surface area (Å²) in [7, 11) is 0. The number of hydrogen-bond donors (Lipinski definition) is 0. The van der Waals surface area contributed by atoms with Crippen LogP contribution in [0.15, 0.2) is 115 Å². The quantitative estimate of drug-likeness (QED) is 0.261. The molecule has 0 atom stereocenters. The number of para-hydroxylation sites is 2. The smallest absolute Gasteiger partial charge is 0.161 e. The van der Waals surface area contributed by atoms with Crippen molar-refractivity contribution in [2.24, 2.45) is 0 Å². The summed E-state index contributed by atoms with van der Waals surface area (Å²) in [4.78, 5) is 15.1. The van der Waals surface area contributed by atoms with Gasteiger partial charge in [-0.05, 0) is 45.8 Å². The van der Waals surface area contributed by atoms with E-state index in [4.69, 9.17) is 15.0 Å². The van der Waals surface area contributed by atoms with Crippen LogP contribution < -0.4 is 0 Å². The van der Waals surface area contributed by atoms with E-state index in [1.54, 1.807) is 0 Å². The van der Waals surface area contributed by atoms with Gasteiger partial charge >= 0.3 is 0 Å². The Morgan fingerprint density at radius 1 is 0.412 bits per heavy atom. The van der Waals surface area contributed by atoms with Crippen LogP contribution >= 0.6 is 0 Å². The molecule has 0 saturated carbocycles. The van der Waals surface area contributed by atoms with Crippen molar-refractivity contribution in [1.29, 1.82) is 0 Å². The van der Waals surface area contributed by atoms with Crippen LogP contribution in [-0.4, -0.2) is 15.0 Å². The lowest BCUT2D eigenvalue weighted by molar-refractivity contribution is 1.22. The van der Waals surface area contributed by atoms with Crippen LogP contribution in [0.5, 0.6) is 0 Å². The van der Waals surface area contributed by atoms with Gasteiger partial charge in [-0.1, -0.05) is 91.0 Å². The molecular formula is C31H19N3. The molecule has 3 heteroatoms. The minimum Gasteiger partial charge on any atom is -0.246 e. The molecule has 5 aromatic carbocycles. The number of benzene rings is 5. The maximum absolute atomic E-state index is 5.13. The number of pyridine rings is 1. The second kappa shape index (κ2) is 7.46. The highest BCUT2D eigenvalue weighted by molar-refractivity contribution is 6.13. The first kappa shape index (κ1) is 18.9. The van der Waals surface area contributed by atoms with E-state index < -0.39 is 0 Å². The normalized spacial score (nSPS) is 11.5. The predicted octanol–water partition coefficient (Wildman–Crippen LogP) is 7.82. The highest BCUT2D eigenvalue weighted by Crippen LogP contribution is 2.35. The topological polar surface area (TPSA) is 38.7 Å². The molecule has 7 aromatic rings. The van der Waals surface area contributed by atoms with Crippen molar-refractivity contribution in [3.63, 3.8) is 0 Å². The van der Waals surface area contributed by atoms with E-state index in [0.717, 1.165) is 44.1 Å². The van der Waals surface area contributed by atoms with Crippen LogP contribution in [0.25, 0.3) is 66.1 Å². The Labute approximate surface area is 196 Å². The summed E-state index contributed by atoms with van der Waals surface area (Å²) in [5, 5.41) is 6.88. The van der Waals surface area contributed by atoms with Gasteiger partial charge < -0.3 is 0 Å². The SMILES string of the molecule is c1ccc2nc(-c3nc(-c4cc5ccccc5c5ccccc45)nc4ccccc34)ccc2c1. The summed E-state index contributed by atoms with van der Waals surface area (Å²) in [5.74, 6) is 0.714. The molecule has 0 N–H and O–H groups in total. The van der Waals surface area contributed by atoms with E-state index >= 15 is 0 Å². The molecule has 7 rings (SSSR count). The monoisotopic (exact) mass is 433 g/mol. The molecule has 0 aliphatic carbocycles. The maximum atomic E-state index is 5.13. The van der Waals surface area contributed by atoms with Crippen LogP contribution in [0.1, 0.15) is 0 Å². The molecule has 0 radical (unpaired) electrons. The standard InChI is InChI=1S/C31H19N3/c1-3-11-22-21(10-1)19-26(24-13-5-4-12-23(22)24)31-33-28-16-8-6-14-25(28)30(34-31)29-18-17-20-9-2-7-15-27(20)32-29/h1-19H. The summed E-state index contributed by atoms with van der Waals surface area (Å²) < 4.78 is 0. The third-order valence-electron chi connectivity index (χ3n) is 6.45. The molecule has 0 aliphatic rings. The van der Waals surface area contributed by atoms with Crippen LogP contribution in [0, 0.1) is 0 Å². The molecule has 3 nitrogen and oxygen atoms in total. The van der Waals surface area contributed by atoms with Gasteiger partial charge in [0.25, 0.3) is 0 Å². The lowest BCUT2D eigenvalue weighted by Gasteiger charge is -2.13. The van der Waals surface area contributed by atoms with Gasteiger partial charge in [0.05, 0.1) is 16.7 Å². The molecule has 2 aromatic heterocycles. The molecule has 2 heterocycles. The fourth-order valence-electron chi connectivity index (χ4n) is 4.83. The van der Waals surface area contributed by atoms with Gasteiger partial charge in [0.15, 0.2) is 5.82 Å². The molecule has 34 heavy (non-hydrogen) atoms. The van der Waals surface area contributed by atoms with Crippen molar-refractivity contribution in [3.05, 3.63) is 115 Å². The van der Waals surface area contributed by atoms with Crippen molar-refractivity contribution in [1.82, 2.24) is 15.0 Å². The van der Waals surface area contributed by atoms with E-state index in [1.165, 1.54) is 16.2 Å². The Hall–Kier alpha value is -4.63. The molecule has 0 bridgehead atoms. The zero-order valence-electron chi connectivity index (χ0n) is 18.3. The van der Waals surface area contributed by atoms with Gasteiger partial charge in [0.1, 0.15) is 5.69 Å². The van der Waals surface area contributed by atoms with Crippen molar-refractivity contribution in [2.75, 3.05) is 0 Å². The second-order valence-corrected chi connectivity index (χ2v) is 8.49. The zero-order valence-corrected chi connectivity index (χ0v) is 18.3. The fourth-order valence-corrected chi connectivity index (χ4v) is 4.83. The maximum Gasteiger partial charge on any atom is 0.161 e. The lowest BCUT2D eigenvalue weighted by Crippen LogP contribution is -1.97. The number of rotatable bonds is 2. The van der Waals surface area contributed by atoms with E-state index in [-0.39, 0.29) is 0 Å². The molecule has 0 fully saturated rings. The largest absolute Gasteiger partial charge is 0.246 e. The van der Waals surface area contributed by atoms with Gasteiger partial charge in [-0.15, -0.1) is 0 Å². The third kappa shape index (κ3) is 2.95. The molecule has 0 spiro atoms. The number of nitrogens with zero attached hydrogens (tertiary/aromatic N) is 3. The predicted molar refractivity (Wildman–Crippen MR) is 141 cm³/mol. The second-order valence-electron chi connectivity index (χ2n) is 8.49. The van der Waals surface area contributed by atoms with Gasteiger partial charge in [-0.3, -0.25) is 0 Å². The third-order valence-corrected chi connectivity index (χ3v) is 6.45. The Bertz CT molecular complexity index is 1870.